The van der Waals surface area contributed by atoms with Crippen LogP contribution in [0.4, 0.5) is 0 Å². The highest BCUT2D eigenvalue weighted by atomic mass is 32.2. The first-order valence-corrected chi connectivity index (χ1v) is 7.92. The van der Waals surface area contributed by atoms with Crippen LogP contribution in [0, 0.1) is 6.92 Å². The Balaban J connectivity index is 1.75. The summed E-state index contributed by atoms with van der Waals surface area (Å²) in [6.45, 7) is 5.44. The molecule has 3 rings (SSSR count). The molecule has 0 spiro atoms. The minimum Gasteiger partial charge on any atom is -0.461 e. The van der Waals surface area contributed by atoms with Gasteiger partial charge in [0.25, 0.3) is 0 Å². The molecule has 3 heteroatoms. The molecule has 2 aromatic rings. The van der Waals surface area contributed by atoms with Gasteiger partial charge in [0.1, 0.15) is 11.5 Å². The molecule has 1 aliphatic rings. The fraction of sp³-hybridized carbons (Fsp3) is 0.375. The molecule has 1 aromatic heterocycles. The largest absolute Gasteiger partial charge is 0.461 e. The van der Waals surface area contributed by atoms with Crippen LogP contribution in [0.25, 0.3) is 11.3 Å². The van der Waals surface area contributed by atoms with Crippen LogP contribution in [0.5, 0.6) is 0 Å². The van der Waals surface area contributed by atoms with Gasteiger partial charge in [0.05, 0.1) is 0 Å². The molecule has 2 heterocycles. The predicted octanol–water partition coefficient (Wildman–Crippen LogP) is 3.80. The van der Waals surface area contributed by atoms with Crippen molar-refractivity contribution in [3.05, 3.63) is 47.7 Å². The minimum absolute atomic E-state index is 0.966. The standard InChI is InChI=1S/C16H19NOS/c1-13-5-6-16(18-13)15-4-2-3-14(11-15)12-17-7-9-19-10-8-17/h2-6,11H,7-10,12H2,1H3. The molecule has 0 atom stereocenters. The predicted molar refractivity (Wildman–Crippen MR) is 81.5 cm³/mol. The Bertz CT molecular complexity index is 543. The Morgan fingerprint density at radius 2 is 2.00 bits per heavy atom. The maximum atomic E-state index is 5.70. The number of hydrogen-bond donors (Lipinski definition) is 0. The third-order valence-corrected chi connectivity index (χ3v) is 4.40. The molecular formula is C16H19NOS. The number of furan rings is 1. The molecule has 0 unspecified atom stereocenters. The van der Waals surface area contributed by atoms with E-state index in [1.54, 1.807) is 0 Å². The number of benzene rings is 1. The zero-order valence-corrected chi connectivity index (χ0v) is 12.1. The van der Waals surface area contributed by atoms with E-state index in [9.17, 15) is 0 Å². The van der Waals surface area contributed by atoms with E-state index in [0.29, 0.717) is 0 Å². The first-order valence-electron chi connectivity index (χ1n) is 6.77. The van der Waals surface area contributed by atoms with Gasteiger partial charge in [0, 0.05) is 36.7 Å². The Kier molecular flexibility index (Phi) is 3.95. The highest BCUT2D eigenvalue weighted by molar-refractivity contribution is 7.99. The molecular weight excluding hydrogens is 254 g/mol. The van der Waals surface area contributed by atoms with Gasteiger partial charge in [-0.2, -0.15) is 11.8 Å². The first kappa shape index (κ1) is 12.8. The Morgan fingerprint density at radius 3 is 2.74 bits per heavy atom. The lowest BCUT2D eigenvalue weighted by atomic mass is 10.1. The van der Waals surface area contributed by atoms with Crippen molar-refractivity contribution in [3.8, 4) is 11.3 Å². The third kappa shape index (κ3) is 3.23. The fourth-order valence-electron chi connectivity index (χ4n) is 2.43. The second-order valence-electron chi connectivity index (χ2n) is 5.00. The molecule has 1 aromatic carbocycles. The lowest BCUT2D eigenvalue weighted by Crippen LogP contribution is -2.31. The van der Waals surface area contributed by atoms with Gasteiger partial charge in [-0.15, -0.1) is 0 Å². The smallest absolute Gasteiger partial charge is 0.134 e. The molecule has 1 saturated heterocycles. The first-order chi connectivity index (χ1) is 9.31. The van der Waals surface area contributed by atoms with Crippen LogP contribution in [0.15, 0.2) is 40.8 Å². The summed E-state index contributed by atoms with van der Waals surface area (Å²) in [6.07, 6.45) is 0. The zero-order chi connectivity index (χ0) is 13.1. The summed E-state index contributed by atoms with van der Waals surface area (Å²) in [4.78, 5) is 2.53. The molecule has 0 aliphatic carbocycles. The van der Waals surface area contributed by atoms with Crippen LogP contribution < -0.4 is 0 Å². The van der Waals surface area contributed by atoms with Gasteiger partial charge >= 0.3 is 0 Å². The van der Waals surface area contributed by atoms with Crippen LogP contribution in [0.2, 0.25) is 0 Å². The average molecular weight is 273 g/mol. The lowest BCUT2D eigenvalue weighted by Gasteiger charge is -2.26. The van der Waals surface area contributed by atoms with Crippen molar-refractivity contribution in [3.63, 3.8) is 0 Å². The van der Waals surface area contributed by atoms with Crippen molar-refractivity contribution in [1.29, 1.82) is 0 Å². The molecule has 100 valence electrons. The summed E-state index contributed by atoms with van der Waals surface area (Å²) in [5.74, 6) is 4.45. The van der Waals surface area contributed by atoms with Crippen LogP contribution in [0.3, 0.4) is 0 Å². The van der Waals surface area contributed by atoms with Gasteiger partial charge < -0.3 is 4.42 Å². The minimum atomic E-state index is 0.966. The van der Waals surface area contributed by atoms with Gasteiger partial charge in [0.15, 0.2) is 0 Å². The molecule has 19 heavy (non-hydrogen) atoms. The van der Waals surface area contributed by atoms with Crippen molar-refractivity contribution in [2.45, 2.75) is 13.5 Å². The number of thioether (sulfide) groups is 1. The quantitative estimate of drug-likeness (QED) is 0.846. The van der Waals surface area contributed by atoms with E-state index in [0.717, 1.165) is 18.1 Å². The Labute approximate surface area is 118 Å². The van der Waals surface area contributed by atoms with Gasteiger partial charge in [0.2, 0.25) is 0 Å². The second-order valence-corrected chi connectivity index (χ2v) is 6.22. The van der Waals surface area contributed by atoms with Gasteiger partial charge in [-0.3, -0.25) is 4.90 Å². The normalized spacial score (nSPS) is 16.7. The van der Waals surface area contributed by atoms with Gasteiger partial charge in [-0.1, -0.05) is 18.2 Å². The van der Waals surface area contributed by atoms with Crippen LogP contribution in [-0.2, 0) is 6.54 Å². The summed E-state index contributed by atoms with van der Waals surface area (Å²) in [7, 11) is 0. The number of rotatable bonds is 3. The summed E-state index contributed by atoms with van der Waals surface area (Å²) in [6, 6.07) is 12.8. The number of nitrogens with zero attached hydrogens (tertiary/aromatic N) is 1. The number of hydrogen-bond acceptors (Lipinski definition) is 3. The van der Waals surface area contributed by atoms with Crippen LogP contribution in [0.1, 0.15) is 11.3 Å². The average Bonchev–Trinajstić information content (AvgIpc) is 2.87. The highest BCUT2D eigenvalue weighted by Crippen LogP contribution is 2.23. The van der Waals surface area contributed by atoms with E-state index >= 15 is 0 Å². The maximum Gasteiger partial charge on any atom is 0.134 e. The molecule has 2 nitrogen and oxygen atoms in total. The maximum absolute atomic E-state index is 5.70. The van der Waals surface area contributed by atoms with Crippen molar-refractivity contribution in [1.82, 2.24) is 4.90 Å². The van der Waals surface area contributed by atoms with Crippen molar-refractivity contribution >= 4 is 11.8 Å². The van der Waals surface area contributed by atoms with Crippen LogP contribution >= 0.6 is 11.8 Å². The Hall–Kier alpha value is -1.19. The summed E-state index contributed by atoms with van der Waals surface area (Å²) in [5, 5.41) is 0. The molecule has 0 saturated carbocycles. The highest BCUT2D eigenvalue weighted by Gasteiger charge is 2.11. The molecule has 0 bridgehead atoms. The van der Waals surface area contributed by atoms with Crippen molar-refractivity contribution < 1.29 is 4.42 Å². The summed E-state index contributed by atoms with van der Waals surface area (Å²) in [5.41, 5.74) is 2.55. The molecule has 1 aliphatic heterocycles. The van der Waals surface area contributed by atoms with E-state index in [-0.39, 0.29) is 0 Å². The lowest BCUT2D eigenvalue weighted by molar-refractivity contribution is 0.294. The third-order valence-electron chi connectivity index (χ3n) is 3.46. The van der Waals surface area contributed by atoms with E-state index in [1.165, 1.54) is 35.7 Å². The monoisotopic (exact) mass is 273 g/mol. The van der Waals surface area contributed by atoms with Crippen molar-refractivity contribution in [2.75, 3.05) is 24.6 Å². The van der Waals surface area contributed by atoms with Gasteiger partial charge in [-0.25, -0.2) is 0 Å². The Morgan fingerprint density at radius 1 is 1.16 bits per heavy atom. The summed E-state index contributed by atoms with van der Waals surface area (Å²) < 4.78 is 5.70. The molecule has 0 N–H and O–H groups in total. The fourth-order valence-corrected chi connectivity index (χ4v) is 3.41. The summed E-state index contributed by atoms with van der Waals surface area (Å²) >= 11 is 2.06. The van der Waals surface area contributed by atoms with Crippen LogP contribution in [-0.4, -0.2) is 29.5 Å². The topological polar surface area (TPSA) is 16.4 Å². The van der Waals surface area contributed by atoms with Crippen molar-refractivity contribution in [2.24, 2.45) is 0 Å². The van der Waals surface area contributed by atoms with Gasteiger partial charge in [-0.05, 0) is 30.7 Å². The zero-order valence-electron chi connectivity index (χ0n) is 11.3. The van der Waals surface area contributed by atoms with E-state index < -0.39 is 0 Å². The second kappa shape index (κ2) is 5.85. The van der Waals surface area contributed by atoms with E-state index in [1.807, 2.05) is 19.1 Å². The van der Waals surface area contributed by atoms with E-state index in [2.05, 4.69) is 40.9 Å². The molecule has 0 amide bonds. The van der Waals surface area contributed by atoms with E-state index in [4.69, 9.17) is 4.42 Å². The molecule has 1 fully saturated rings. The molecule has 0 radical (unpaired) electrons. The number of aryl methyl sites for hydroxylation is 1. The SMILES string of the molecule is Cc1ccc(-c2cccc(CN3CCSCC3)c2)o1.